The zero-order valence-electron chi connectivity index (χ0n) is 12.9. The Hall–Kier alpha value is -1.82. The molecule has 3 nitrogen and oxygen atoms in total. The van der Waals surface area contributed by atoms with Gasteiger partial charge in [0.15, 0.2) is 10.7 Å². The van der Waals surface area contributed by atoms with E-state index in [1.54, 1.807) is 4.90 Å². The summed E-state index contributed by atoms with van der Waals surface area (Å²) < 4.78 is 0. The molecule has 1 N–H and O–H groups in total. The lowest BCUT2D eigenvalue weighted by molar-refractivity contribution is -0.947. The van der Waals surface area contributed by atoms with Gasteiger partial charge in [-0.05, 0) is 47.8 Å². The third-order valence-electron chi connectivity index (χ3n) is 4.55. The van der Waals surface area contributed by atoms with Crippen LogP contribution < -0.4 is 4.90 Å². The monoisotopic (exact) mass is 350 g/mol. The van der Waals surface area contributed by atoms with Crippen LogP contribution in [-0.2, 0) is 6.54 Å². The second-order valence-corrected chi connectivity index (χ2v) is 8.22. The smallest absolute Gasteiger partial charge is 0.170 e. The molecule has 0 radical (unpaired) electrons. The minimum atomic E-state index is 0.350. The van der Waals surface area contributed by atoms with E-state index in [1.165, 1.54) is 26.7 Å². The van der Waals surface area contributed by atoms with Crippen molar-refractivity contribution in [1.82, 2.24) is 9.97 Å². The molecule has 0 unspecified atom stereocenters. The first-order valence-corrected chi connectivity index (χ1v) is 9.79. The number of nitrogens with zero attached hydrogens (tertiary/aromatic N) is 2. The van der Waals surface area contributed by atoms with E-state index in [4.69, 9.17) is 0 Å². The van der Waals surface area contributed by atoms with Gasteiger partial charge < -0.3 is 4.90 Å². The van der Waals surface area contributed by atoms with Crippen molar-refractivity contribution in [2.45, 2.75) is 27.3 Å². The van der Waals surface area contributed by atoms with E-state index in [9.17, 15) is 0 Å². The van der Waals surface area contributed by atoms with Gasteiger partial charge in [0, 0.05) is 18.0 Å². The van der Waals surface area contributed by atoms with Crippen LogP contribution in [-0.4, -0.2) is 9.97 Å². The number of aromatic nitrogens is 2. The van der Waals surface area contributed by atoms with Crippen molar-refractivity contribution in [3.8, 4) is 0 Å². The predicted molar refractivity (Wildman–Crippen MR) is 96.8 cm³/mol. The molecule has 5 heteroatoms. The minimum absolute atomic E-state index is 0.350. The highest BCUT2D eigenvalue weighted by molar-refractivity contribution is 8.01. The van der Waals surface area contributed by atoms with Gasteiger partial charge in [-0.3, -0.25) is 0 Å². The van der Waals surface area contributed by atoms with Gasteiger partial charge in [-0.15, -0.1) is 0 Å². The summed E-state index contributed by atoms with van der Waals surface area (Å²) in [5.74, 6) is 0. The van der Waals surface area contributed by atoms with Crippen LogP contribution in [0.3, 0.4) is 0 Å². The molecule has 0 saturated heterocycles. The minimum Gasteiger partial charge on any atom is -0.301 e. The molecule has 2 bridgehead atoms. The first-order chi connectivity index (χ1) is 11.9. The van der Waals surface area contributed by atoms with Crippen LogP contribution in [0.5, 0.6) is 0 Å². The normalized spacial score (nSPS) is 24.1. The van der Waals surface area contributed by atoms with Crippen LogP contribution in [0.2, 0.25) is 0 Å². The summed E-state index contributed by atoms with van der Waals surface area (Å²) in [6.45, 7) is 1.01. The number of rotatable bonds is 2. The highest BCUT2D eigenvalue weighted by Crippen LogP contribution is 2.49. The number of hydrogen-bond acceptors (Lipinski definition) is 4. The number of thioether (sulfide) groups is 2. The molecule has 0 aliphatic carbocycles. The van der Waals surface area contributed by atoms with Gasteiger partial charge in [-0.25, -0.2) is 9.97 Å². The van der Waals surface area contributed by atoms with Gasteiger partial charge in [-0.2, -0.15) is 0 Å². The Morgan fingerprint density at radius 3 is 1.92 bits per heavy atom. The first kappa shape index (κ1) is 14.5. The summed E-state index contributed by atoms with van der Waals surface area (Å²) in [5, 5.41) is 3.04. The maximum atomic E-state index is 4.63. The number of fused-ring (bicyclic) bond motifs is 6. The molecule has 2 aliphatic heterocycles. The summed E-state index contributed by atoms with van der Waals surface area (Å²) in [5.41, 5.74) is 4.06. The zero-order chi connectivity index (χ0) is 15.9. The third-order valence-corrected chi connectivity index (χ3v) is 7.26. The lowest BCUT2D eigenvalue weighted by Crippen LogP contribution is -3.11. The molecular weight excluding hydrogens is 334 g/mol. The average molecular weight is 350 g/mol. The molecule has 24 heavy (non-hydrogen) atoms. The van der Waals surface area contributed by atoms with E-state index < -0.39 is 0 Å². The van der Waals surface area contributed by atoms with Crippen molar-refractivity contribution in [2.75, 3.05) is 0 Å². The molecule has 2 aliphatic rings. The molecule has 2 aromatic heterocycles. The van der Waals surface area contributed by atoms with Crippen LogP contribution >= 0.6 is 23.5 Å². The summed E-state index contributed by atoms with van der Waals surface area (Å²) in [4.78, 5) is 10.8. The Morgan fingerprint density at radius 2 is 1.33 bits per heavy atom. The summed E-state index contributed by atoms with van der Waals surface area (Å²) >= 11 is 3.76. The Bertz CT molecular complexity index is 831. The topological polar surface area (TPSA) is 30.2 Å². The maximum Gasteiger partial charge on any atom is 0.170 e. The Morgan fingerprint density at radius 1 is 0.750 bits per heavy atom. The van der Waals surface area contributed by atoms with Gasteiger partial charge in [0.25, 0.3) is 0 Å². The van der Waals surface area contributed by atoms with Gasteiger partial charge in [0.2, 0.25) is 0 Å². The molecular formula is C19H16N3S2+. The average Bonchev–Trinajstić information content (AvgIpc) is 2.63. The van der Waals surface area contributed by atoms with Crippen molar-refractivity contribution in [3.63, 3.8) is 0 Å². The van der Waals surface area contributed by atoms with Crippen LogP contribution in [0.15, 0.2) is 77.0 Å². The highest BCUT2D eigenvalue weighted by Gasteiger charge is 2.46. The second kappa shape index (κ2) is 5.92. The molecule has 0 saturated carbocycles. The van der Waals surface area contributed by atoms with Crippen LogP contribution in [0.4, 0.5) is 0 Å². The SMILES string of the molecule is c1ccc(C[NH+]2[C@@H]3Sc4ncccc4[C@H]2Sc2ncccc23)cc1. The fraction of sp³-hybridized carbons (Fsp3) is 0.158. The standard InChI is InChI=1S/C19H15N3S2/c1-2-6-13(7-3-1)12-22-18-14-8-4-10-20-16(14)23-19(22)15-9-5-11-21-17(15)24-18/h1-11,18-19H,12H2/p+1/t18-,19-/m1/s1. The summed E-state index contributed by atoms with van der Waals surface area (Å²) in [6, 6.07) is 19.3. The van der Waals surface area contributed by atoms with Crippen molar-refractivity contribution in [3.05, 3.63) is 83.7 Å². The molecule has 0 amide bonds. The molecule has 0 fully saturated rings. The molecule has 3 aromatic rings. The fourth-order valence-corrected chi connectivity index (χ4v) is 6.40. The Balaban J connectivity index is 1.62. The van der Waals surface area contributed by atoms with Crippen molar-refractivity contribution in [1.29, 1.82) is 0 Å². The molecule has 0 spiro atoms. The van der Waals surface area contributed by atoms with Gasteiger partial charge in [-0.1, -0.05) is 30.3 Å². The van der Waals surface area contributed by atoms with E-state index >= 15 is 0 Å². The van der Waals surface area contributed by atoms with Crippen molar-refractivity contribution in [2.24, 2.45) is 0 Å². The number of benzene rings is 1. The van der Waals surface area contributed by atoms with E-state index in [2.05, 4.69) is 52.4 Å². The number of nitrogens with one attached hydrogen (secondary N) is 1. The Kier molecular flexibility index (Phi) is 3.58. The molecule has 118 valence electrons. The predicted octanol–water partition coefficient (Wildman–Crippen LogP) is 3.47. The third kappa shape index (κ3) is 2.35. The van der Waals surface area contributed by atoms with E-state index in [0.717, 1.165) is 6.54 Å². The van der Waals surface area contributed by atoms with E-state index in [1.807, 2.05) is 48.1 Å². The van der Waals surface area contributed by atoms with Crippen molar-refractivity contribution >= 4 is 23.5 Å². The van der Waals surface area contributed by atoms with Gasteiger partial charge in [0.05, 0.1) is 11.1 Å². The molecule has 2 atom stereocenters. The Labute approximate surface area is 149 Å². The van der Waals surface area contributed by atoms with Crippen LogP contribution in [0, 0.1) is 0 Å². The molecule has 5 rings (SSSR count). The molecule has 4 heterocycles. The van der Waals surface area contributed by atoms with Crippen molar-refractivity contribution < 1.29 is 4.90 Å². The lowest BCUT2D eigenvalue weighted by Gasteiger charge is -2.42. The van der Waals surface area contributed by atoms with E-state index in [-0.39, 0.29) is 0 Å². The summed E-state index contributed by atoms with van der Waals surface area (Å²) in [6.07, 6.45) is 3.80. The zero-order valence-corrected chi connectivity index (χ0v) is 14.6. The highest BCUT2D eigenvalue weighted by atomic mass is 32.2. The van der Waals surface area contributed by atoms with Crippen LogP contribution in [0.25, 0.3) is 0 Å². The van der Waals surface area contributed by atoms with E-state index in [0.29, 0.717) is 10.7 Å². The quantitative estimate of drug-likeness (QED) is 0.767. The van der Waals surface area contributed by atoms with Gasteiger partial charge >= 0.3 is 0 Å². The second-order valence-electron chi connectivity index (χ2n) is 6.03. The maximum absolute atomic E-state index is 4.63. The molecule has 1 aromatic carbocycles. The van der Waals surface area contributed by atoms with Crippen LogP contribution in [0.1, 0.15) is 27.4 Å². The largest absolute Gasteiger partial charge is 0.301 e. The fourth-order valence-electron chi connectivity index (χ4n) is 3.46. The number of hydrogen-bond donors (Lipinski definition) is 1. The number of quaternary nitrogens is 1. The lowest BCUT2D eigenvalue weighted by atomic mass is 10.1. The van der Waals surface area contributed by atoms with Gasteiger partial charge in [0.1, 0.15) is 16.6 Å². The first-order valence-electron chi connectivity index (χ1n) is 8.03. The number of pyridine rings is 2. The summed E-state index contributed by atoms with van der Waals surface area (Å²) in [7, 11) is 0.